The Morgan fingerprint density at radius 1 is 1.30 bits per heavy atom. The zero-order chi connectivity index (χ0) is 19.4. The van der Waals surface area contributed by atoms with Crippen LogP contribution in [0.15, 0.2) is 24.3 Å². The molecule has 2 aromatic rings. The minimum atomic E-state index is -3.09. The first-order valence-electron chi connectivity index (χ1n) is 8.05. The van der Waals surface area contributed by atoms with Gasteiger partial charge in [0.15, 0.2) is 6.61 Å². The summed E-state index contributed by atoms with van der Waals surface area (Å²) in [5, 5.41) is 12.3. The summed E-state index contributed by atoms with van der Waals surface area (Å²) in [5.41, 5.74) is 1.20. The number of hydrogen-bond donors (Lipinski definition) is 1. The van der Waals surface area contributed by atoms with Gasteiger partial charge < -0.3 is 14.8 Å². The number of thiophene rings is 1. The predicted octanol–water partition coefficient (Wildman–Crippen LogP) is 3.51. The average molecular weight is 392 g/mol. The number of carbonyl (C=O) groups excluding carboxylic acids is 2. The monoisotopic (exact) mass is 392 g/mol. The number of carbonyl (C=O) groups is 2. The summed E-state index contributed by atoms with van der Waals surface area (Å²) in [6.45, 7) is -3.71. The van der Waals surface area contributed by atoms with Crippen molar-refractivity contribution in [1.29, 1.82) is 5.26 Å². The number of alkyl halides is 2. The second-order valence-corrected chi connectivity index (χ2v) is 6.78. The molecule has 9 heteroatoms. The van der Waals surface area contributed by atoms with Crippen LogP contribution in [0.1, 0.15) is 32.8 Å². The highest BCUT2D eigenvalue weighted by molar-refractivity contribution is 7.16. The summed E-state index contributed by atoms with van der Waals surface area (Å²) >= 11 is 1.34. The summed E-state index contributed by atoms with van der Waals surface area (Å²) in [5.74, 6) is -1.91. The third kappa shape index (κ3) is 4.23. The zero-order valence-corrected chi connectivity index (χ0v) is 14.8. The number of nitriles is 1. The Morgan fingerprint density at radius 2 is 2.07 bits per heavy atom. The van der Waals surface area contributed by atoms with Crippen LogP contribution < -0.4 is 10.1 Å². The lowest BCUT2D eigenvalue weighted by molar-refractivity contribution is -0.119. The molecule has 0 atom stereocenters. The Kier molecular flexibility index (Phi) is 5.66. The van der Waals surface area contributed by atoms with Crippen molar-refractivity contribution in [2.45, 2.75) is 25.9 Å². The number of anilines is 1. The van der Waals surface area contributed by atoms with Crippen LogP contribution in [-0.4, -0.2) is 25.1 Å². The van der Waals surface area contributed by atoms with Crippen molar-refractivity contribution >= 4 is 28.2 Å². The molecule has 1 N–H and O–H groups in total. The molecule has 3 rings (SSSR count). The second kappa shape index (κ2) is 8.14. The van der Waals surface area contributed by atoms with Crippen molar-refractivity contribution in [2.75, 3.05) is 11.9 Å². The van der Waals surface area contributed by atoms with Crippen molar-refractivity contribution in [1.82, 2.24) is 0 Å². The standard InChI is InChI=1S/C18H14F2N2O4S/c19-18(20)26-13-6-2-1-4-11(13)17(24)25-9-15(23)22-16-12(8-21)10-5-3-7-14(10)27-16/h1-2,4,6,18H,3,5,7,9H2,(H,22,23). The molecule has 1 aromatic carbocycles. The maximum absolute atomic E-state index is 12.4. The van der Waals surface area contributed by atoms with Crippen LogP contribution in [0.5, 0.6) is 5.75 Å². The quantitative estimate of drug-likeness (QED) is 0.760. The number of para-hydroxylation sites is 1. The molecule has 0 fully saturated rings. The number of hydrogen-bond acceptors (Lipinski definition) is 6. The molecule has 1 heterocycles. The number of ether oxygens (including phenoxy) is 2. The van der Waals surface area contributed by atoms with E-state index in [1.54, 1.807) is 0 Å². The molecule has 1 aliphatic carbocycles. The summed E-state index contributed by atoms with van der Waals surface area (Å²) in [7, 11) is 0. The molecule has 0 bridgehead atoms. The van der Waals surface area contributed by atoms with Crippen LogP contribution in [0.3, 0.4) is 0 Å². The van der Waals surface area contributed by atoms with Gasteiger partial charge in [0.25, 0.3) is 5.91 Å². The third-order valence-corrected chi connectivity index (χ3v) is 5.15. The molecule has 1 amide bonds. The third-order valence-electron chi connectivity index (χ3n) is 3.94. The van der Waals surface area contributed by atoms with Gasteiger partial charge in [-0.05, 0) is 37.0 Å². The van der Waals surface area contributed by atoms with E-state index in [4.69, 9.17) is 4.74 Å². The number of halogens is 2. The molecular formula is C18H14F2N2O4S. The van der Waals surface area contributed by atoms with Crippen LogP contribution in [0.25, 0.3) is 0 Å². The predicted molar refractivity (Wildman–Crippen MR) is 93.0 cm³/mol. The Morgan fingerprint density at radius 3 is 2.81 bits per heavy atom. The molecule has 0 saturated carbocycles. The molecule has 0 radical (unpaired) electrons. The number of nitrogens with one attached hydrogen (secondary N) is 1. The van der Waals surface area contributed by atoms with Crippen molar-refractivity contribution in [3.8, 4) is 11.8 Å². The van der Waals surface area contributed by atoms with Gasteiger partial charge in [-0.25, -0.2) is 4.79 Å². The molecule has 0 saturated heterocycles. The maximum Gasteiger partial charge on any atom is 0.387 e. The van der Waals surface area contributed by atoms with Crippen LogP contribution >= 0.6 is 11.3 Å². The lowest BCUT2D eigenvalue weighted by atomic mass is 10.1. The van der Waals surface area contributed by atoms with Crippen LogP contribution in [-0.2, 0) is 22.4 Å². The minimum absolute atomic E-state index is 0.210. The van der Waals surface area contributed by atoms with Gasteiger partial charge >= 0.3 is 12.6 Å². The molecule has 140 valence electrons. The van der Waals surface area contributed by atoms with Crippen molar-refractivity contribution in [3.05, 3.63) is 45.8 Å². The summed E-state index contributed by atoms with van der Waals surface area (Å²) < 4.78 is 33.9. The van der Waals surface area contributed by atoms with E-state index in [0.717, 1.165) is 29.7 Å². The van der Waals surface area contributed by atoms with Crippen LogP contribution in [0.4, 0.5) is 13.8 Å². The summed E-state index contributed by atoms with van der Waals surface area (Å²) in [6, 6.07) is 7.45. The highest BCUT2D eigenvalue weighted by Gasteiger charge is 2.23. The Bertz CT molecular complexity index is 921. The fraction of sp³-hybridized carbons (Fsp3) is 0.278. The Hall–Kier alpha value is -2.99. The van der Waals surface area contributed by atoms with Gasteiger partial charge in [-0.15, -0.1) is 11.3 Å². The van der Waals surface area contributed by atoms with Gasteiger partial charge in [-0.1, -0.05) is 12.1 Å². The largest absolute Gasteiger partial charge is 0.452 e. The number of benzene rings is 1. The van der Waals surface area contributed by atoms with Crippen LogP contribution in [0, 0.1) is 11.3 Å². The van der Waals surface area contributed by atoms with Crippen LogP contribution in [0.2, 0.25) is 0 Å². The minimum Gasteiger partial charge on any atom is -0.452 e. The molecule has 0 aliphatic heterocycles. The van der Waals surface area contributed by atoms with Gasteiger partial charge in [-0.2, -0.15) is 14.0 Å². The van der Waals surface area contributed by atoms with E-state index < -0.39 is 25.1 Å². The first-order chi connectivity index (χ1) is 13.0. The zero-order valence-electron chi connectivity index (χ0n) is 14.0. The van der Waals surface area contributed by atoms with Crippen molar-refractivity contribution < 1.29 is 27.8 Å². The van der Waals surface area contributed by atoms with Gasteiger partial charge in [0.2, 0.25) is 0 Å². The first-order valence-corrected chi connectivity index (χ1v) is 8.86. The number of aryl methyl sites for hydroxylation is 1. The Labute approximate surface area is 157 Å². The topological polar surface area (TPSA) is 88.4 Å². The fourth-order valence-electron chi connectivity index (χ4n) is 2.82. The number of rotatable bonds is 6. The molecular weight excluding hydrogens is 378 g/mol. The number of nitrogens with zero attached hydrogens (tertiary/aromatic N) is 1. The number of esters is 1. The van der Waals surface area contributed by atoms with E-state index in [9.17, 15) is 23.6 Å². The smallest absolute Gasteiger partial charge is 0.387 e. The number of amides is 1. The van der Waals surface area contributed by atoms with E-state index in [2.05, 4.69) is 16.1 Å². The maximum atomic E-state index is 12.4. The molecule has 0 spiro atoms. The van der Waals surface area contributed by atoms with E-state index in [0.29, 0.717) is 10.6 Å². The molecule has 0 unspecified atom stereocenters. The average Bonchev–Trinajstić information content (AvgIpc) is 3.20. The number of fused-ring (bicyclic) bond motifs is 1. The normalized spacial score (nSPS) is 12.4. The molecule has 27 heavy (non-hydrogen) atoms. The highest BCUT2D eigenvalue weighted by Crippen LogP contribution is 2.38. The Balaban J connectivity index is 1.62. The molecule has 1 aliphatic rings. The fourth-order valence-corrected chi connectivity index (χ4v) is 4.07. The molecule has 1 aromatic heterocycles. The molecule has 6 nitrogen and oxygen atoms in total. The lowest BCUT2D eigenvalue weighted by Crippen LogP contribution is -2.21. The van der Waals surface area contributed by atoms with Crippen molar-refractivity contribution in [3.63, 3.8) is 0 Å². The summed E-state index contributed by atoms with van der Waals surface area (Å²) in [4.78, 5) is 25.2. The van der Waals surface area contributed by atoms with Gasteiger partial charge in [0.1, 0.15) is 22.4 Å². The SMILES string of the molecule is N#Cc1c(NC(=O)COC(=O)c2ccccc2OC(F)F)sc2c1CCC2. The van der Waals surface area contributed by atoms with Crippen molar-refractivity contribution in [2.24, 2.45) is 0 Å². The van der Waals surface area contributed by atoms with E-state index in [1.807, 2.05) is 0 Å². The van der Waals surface area contributed by atoms with Gasteiger partial charge in [0.05, 0.1) is 5.56 Å². The second-order valence-electron chi connectivity index (χ2n) is 5.67. The van der Waals surface area contributed by atoms with Gasteiger partial charge in [-0.3, -0.25) is 4.79 Å². The lowest BCUT2D eigenvalue weighted by Gasteiger charge is -2.10. The van der Waals surface area contributed by atoms with E-state index >= 15 is 0 Å². The van der Waals surface area contributed by atoms with Gasteiger partial charge in [0, 0.05) is 4.88 Å². The van der Waals surface area contributed by atoms with E-state index in [1.165, 1.54) is 35.6 Å². The highest BCUT2D eigenvalue weighted by atomic mass is 32.1. The summed E-state index contributed by atoms with van der Waals surface area (Å²) in [6.07, 6.45) is 2.67. The van der Waals surface area contributed by atoms with E-state index in [-0.39, 0.29) is 11.3 Å². The first kappa shape index (κ1) is 18.8.